The summed E-state index contributed by atoms with van der Waals surface area (Å²) in [5.74, 6) is 0. The van der Waals surface area contributed by atoms with Gasteiger partial charge >= 0.3 is 0 Å². The normalized spacial score (nSPS) is 14.9. The Morgan fingerprint density at radius 3 is 1.50 bits per heavy atom. The van der Waals surface area contributed by atoms with E-state index >= 15 is 0 Å². The largest absolute Gasteiger partial charge is 0.0619 e. The molecule has 16 heavy (non-hydrogen) atoms. The van der Waals surface area contributed by atoms with E-state index < -0.39 is 0 Å². The molecule has 0 nitrogen and oxygen atoms in total. The third kappa shape index (κ3) is 1.38. The number of benzene rings is 2. The van der Waals surface area contributed by atoms with Gasteiger partial charge in [-0.3, -0.25) is 0 Å². The summed E-state index contributed by atoms with van der Waals surface area (Å²) in [5.41, 5.74) is 5.86. The SMILES string of the molecule is CC1(C)c2ccccc2-c2ccccc21.[Li]. The number of fused-ring (bicyclic) bond motifs is 3. The Morgan fingerprint density at radius 2 is 1.06 bits per heavy atom. The zero-order valence-electron chi connectivity index (χ0n) is 10.1. The Balaban J connectivity index is 0.000000963. The molecule has 2 aromatic carbocycles. The minimum absolute atomic E-state index is 0. The summed E-state index contributed by atoms with van der Waals surface area (Å²) in [6, 6.07) is 17.4. The van der Waals surface area contributed by atoms with Crippen molar-refractivity contribution in [2.24, 2.45) is 0 Å². The van der Waals surface area contributed by atoms with Crippen molar-refractivity contribution >= 4 is 18.9 Å². The van der Waals surface area contributed by atoms with E-state index in [2.05, 4.69) is 62.4 Å². The van der Waals surface area contributed by atoms with E-state index in [0.29, 0.717) is 0 Å². The first-order chi connectivity index (χ1) is 7.21. The molecule has 3 rings (SSSR count). The fourth-order valence-electron chi connectivity index (χ4n) is 2.67. The van der Waals surface area contributed by atoms with E-state index in [1.165, 1.54) is 22.3 Å². The summed E-state index contributed by atoms with van der Waals surface area (Å²) in [6.07, 6.45) is 0. The number of rotatable bonds is 0. The summed E-state index contributed by atoms with van der Waals surface area (Å²) in [5, 5.41) is 0. The minimum atomic E-state index is 0. The quantitative estimate of drug-likeness (QED) is 0.571. The number of hydrogen-bond acceptors (Lipinski definition) is 0. The predicted molar refractivity (Wildman–Crippen MR) is 69.8 cm³/mol. The van der Waals surface area contributed by atoms with E-state index in [1.54, 1.807) is 0 Å². The monoisotopic (exact) mass is 201 g/mol. The third-order valence-corrected chi connectivity index (χ3v) is 3.49. The first kappa shape index (κ1) is 11.5. The van der Waals surface area contributed by atoms with Crippen LogP contribution < -0.4 is 0 Å². The van der Waals surface area contributed by atoms with Crippen molar-refractivity contribution in [3.8, 4) is 11.1 Å². The molecular weight excluding hydrogens is 187 g/mol. The van der Waals surface area contributed by atoms with E-state index in [0.717, 1.165) is 0 Å². The van der Waals surface area contributed by atoms with Crippen LogP contribution in [0.25, 0.3) is 11.1 Å². The molecule has 0 aliphatic heterocycles. The van der Waals surface area contributed by atoms with Gasteiger partial charge in [-0.15, -0.1) is 0 Å². The summed E-state index contributed by atoms with van der Waals surface area (Å²) in [7, 11) is 0. The first-order valence-electron chi connectivity index (χ1n) is 5.40. The summed E-state index contributed by atoms with van der Waals surface area (Å²) < 4.78 is 0. The van der Waals surface area contributed by atoms with Crippen molar-refractivity contribution in [1.82, 2.24) is 0 Å². The van der Waals surface area contributed by atoms with E-state index in [1.807, 2.05) is 0 Å². The summed E-state index contributed by atoms with van der Waals surface area (Å²) in [4.78, 5) is 0. The molecule has 0 atom stereocenters. The topological polar surface area (TPSA) is 0 Å². The third-order valence-electron chi connectivity index (χ3n) is 3.49. The second-order valence-electron chi connectivity index (χ2n) is 4.72. The zero-order chi connectivity index (χ0) is 10.5. The van der Waals surface area contributed by atoms with Gasteiger partial charge in [-0.2, -0.15) is 0 Å². The van der Waals surface area contributed by atoms with Gasteiger partial charge in [0.05, 0.1) is 0 Å². The molecular formula is C15H14Li. The molecule has 1 radical (unpaired) electrons. The van der Waals surface area contributed by atoms with Crippen LogP contribution in [0.1, 0.15) is 25.0 Å². The van der Waals surface area contributed by atoms with E-state index in [9.17, 15) is 0 Å². The molecule has 0 fully saturated rings. The molecule has 0 saturated carbocycles. The number of hydrogen-bond donors (Lipinski definition) is 0. The maximum Gasteiger partial charge on any atom is 0.0158 e. The van der Waals surface area contributed by atoms with Crippen LogP contribution in [0.5, 0.6) is 0 Å². The van der Waals surface area contributed by atoms with E-state index in [4.69, 9.17) is 0 Å². The van der Waals surface area contributed by atoms with Gasteiger partial charge in [0.25, 0.3) is 0 Å². The van der Waals surface area contributed by atoms with Crippen LogP contribution in [0.3, 0.4) is 0 Å². The standard InChI is InChI=1S/C15H14.Li/c1-15(2)13-9-5-3-7-11(13)12-8-4-6-10-14(12)15;/h3-10H,1-2H3;. The second kappa shape index (κ2) is 3.81. The Bertz CT molecular complexity index is 479. The molecule has 0 aromatic heterocycles. The van der Waals surface area contributed by atoms with Crippen molar-refractivity contribution in [1.29, 1.82) is 0 Å². The van der Waals surface area contributed by atoms with Crippen molar-refractivity contribution < 1.29 is 0 Å². The van der Waals surface area contributed by atoms with Crippen LogP contribution in [0.2, 0.25) is 0 Å². The van der Waals surface area contributed by atoms with Gasteiger partial charge < -0.3 is 0 Å². The average molecular weight is 201 g/mol. The Labute approximate surface area is 109 Å². The van der Waals surface area contributed by atoms with Crippen LogP contribution in [0.15, 0.2) is 48.5 Å². The Morgan fingerprint density at radius 1 is 0.688 bits per heavy atom. The van der Waals surface area contributed by atoms with Gasteiger partial charge in [-0.1, -0.05) is 62.4 Å². The second-order valence-corrected chi connectivity index (χ2v) is 4.72. The molecule has 0 N–H and O–H groups in total. The van der Waals surface area contributed by atoms with Gasteiger partial charge in [-0.05, 0) is 22.3 Å². The van der Waals surface area contributed by atoms with Crippen LogP contribution in [-0.4, -0.2) is 18.9 Å². The van der Waals surface area contributed by atoms with Gasteiger partial charge in [-0.25, -0.2) is 0 Å². The van der Waals surface area contributed by atoms with Crippen LogP contribution in [0.4, 0.5) is 0 Å². The van der Waals surface area contributed by atoms with Crippen LogP contribution in [-0.2, 0) is 5.41 Å². The summed E-state index contributed by atoms with van der Waals surface area (Å²) in [6.45, 7) is 4.61. The minimum Gasteiger partial charge on any atom is -0.0619 e. The molecule has 0 heterocycles. The molecule has 0 saturated heterocycles. The van der Waals surface area contributed by atoms with Gasteiger partial charge in [0.1, 0.15) is 0 Å². The maximum atomic E-state index is 2.30. The van der Waals surface area contributed by atoms with Gasteiger partial charge in [0, 0.05) is 24.3 Å². The van der Waals surface area contributed by atoms with Gasteiger partial charge in [0.15, 0.2) is 0 Å². The van der Waals surface area contributed by atoms with E-state index in [-0.39, 0.29) is 24.3 Å². The molecule has 1 aliphatic rings. The predicted octanol–water partition coefficient (Wildman–Crippen LogP) is 3.61. The first-order valence-corrected chi connectivity index (χ1v) is 5.40. The molecule has 1 aliphatic carbocycles. The average Bonchev–Trinajstić information content (AvgIpc) is 2.51. The van der Waals surface area contributed by atoms with Crippen molar-refractivity contribution in [3.63, 3.8) is 0 Å². The molecule has 0 amide bonds. The molecule has 1 heteroatoms. The zero-order valence-corrected chi connectivity index (χ0v) is 10.1. The van der Waals surface area contributed by atoms with Gasteiger partial charge in [0.2, 0.25) is 0 Å². The molecule has 0 bridgehead atoms. The fraction of sp³-hybridized carbons (Fsp3) is 0.200. The fourth-order valence-corrected chi connectivity index (χ4v) is 2.67. The Hall–Kier alpha value is -0.963. The van der Waals surface area contributed by atoms with Crippen molar-refractivity contribution in [3.05, 3.63) is 59.7 Å². The molecule has 0 unspecified atom stereocenters. The Kier molecular flexibility index (Phi) is 2.74. The van der Waals surface area contributed by atoms with Crippen molar-refractivity contribution in [2.75, 3.05) is 0 Å². The summed E-state index contributed by atoms with van der Waals surface area (Å²) >= 11 is 0. The smallest absolute Gasteiger partial charge is 0.0158 e. The van der Waals surface area contributed by atoms with Crippen LogP contribution >= 0.6 is 0 Å². The van der Waals surface area contributed by atoms with Crippen molar-refractivity contribution in [2.45, 2.75) is 19.3 Å². The molecule has 0 spiro atoms. The molecule has 75 valence electrons. The maximum absolute atomic E-state index is 2.30. The molecule has 2 aromatic rings. The van der Waals surface area contributed by atoms with Crippen LogP contribution in [0, 0.1) is 0 Å².